The Hall–Kier alpha value is -4.15. The van der Waals surface area contributed by atoms with Crippen LogP contribution in [0, 0.1) is 6.92 Å². The average Bonchev–Trinajstić information content (AvgIpc) is 3.33. The number of fused-ring (bicyclic) bond motifs is 3. The minimum Gasteiger partial charge on any atom is -0.545 e. The summed E-state index contributed by atoms with van der Waals surface area (Å²) < 4.78 is 6.82. The van der Waals surface area contributed by atoms with Crippen LogP contribution in [0.2, 0.25) is 0 Å². The topological polar surface area (TPSA) is 116 Å². The van der Waals surface area contributed by atoms with Gasteiger partial charge >= 0.3 is 0 Å². The molecule has 0 saturated carbocycles. The van der Waals surface area contributed by atoms with E-state index in [0.717, 1.165) is 69.0 Å². The molecule has 4 heterocycles. The molecule has 0 aliphatic carbocycles. The van der Waals surface area contributed by atoms with Crippen molar-refractivity contribution in [3.05, 3.63) is 59.8 Å². The van der Waals surface area contributed by atoms with E-state index in [1.165, 1.54) is 17.4 Å². The van der Waals surface area contributed by atoms with Gasteiger partial charge < -0.3 is 24.9 Å². The fourth-order valence-corrected chi connectivity index (χ4v) is 5.79. The smallest absolute Gasteiger partial charge is 0.236 e. The zero-order chi connectivity index (χ0) is 26.2. The van der Waals surface area contributed by atoms with Gasteiger partial charge in [-0.3, -0.25) is 0 Å². The van der Waals surface area contributed by atoms with E-state index >= 15 is 0 Å². The lowest BCUT2D eigenvalue weighted by Gasteiger charge is -2.27. The van der Waals surface area contributed by atoms with Crippen molar-refractivity contribution >= 4 is 43.7 Å². The van der Waals surface area contributed by atoms with E-state index in [0.29, 0.717) is 24.3 Å². The molecular weight excluding hydrogens is 500 g/mol. The fourth-order valence-electron chi connectivity index (χ4n) is 4.68. The summed E-state index contributed by atoms with van der Waals surface area (Å²) in [5, 5.41) is 15.5. The van der Waals surface area contributed by atoms with Crippen molar-refractivity contribution in [1.29, 1.82) is 0 Å². The molecule has 192 valence electrons. The van der Waals surface area contributed by atoms with Crippen LogP contribution in [0.3, 0.4) is 0 Å². The Morgan fingerprint density at radius 1 is 1.03 bits per heavy atom. The number of aromatic carboxylic acids is 1. The van der Waals surface area contributed by atoms with E-state index in [2.05, 4.69) is 10.2 Å². The molecule has 9 nitrogen and oxygen atoms in total. The molecule has 3 aromatic heterocycles. The summed E-state index contributed by atoms with van der Waals surface area (Å²) in [6.07, 6.45) is 0. The molecule has 2 aromatic carbocycles. The highest BCUT2D eigenvalue weighted by molar-refractivity contribution is 7.25. The maximum absolute atomic E-state index is 11.2. The third kappa shape index (κ3) is 4.42. The lowest BCUT2D eigenvalue weighted by molar-refractivity contribution is -0.255. The van der Waals surface area contributed by atoms with Gasteiger partial charge in [0, 0.05) is 31.7 Å². The van der Waals surface area contributed by atoms with Crippen LogP contribution in [0.1, 0.15) is 23.0 Å². The van der Waals surface area contributed by atoms with Gasteiger partial charge in [0.25, 0.3) is 0 Å². The summed E-state index contributed by atoms with van der Waals surface area (Å²) in [5.74, 6) is 0.674. The Balaban J connectivity index is 1.41. The molecule has 1 saturated heterocycles. The standard InChI is InChI=1S/C28H26N6O3S/c1-3-37-25-23-22(31-28(33-25)34-13-11-29-12-14-34)21-16(2)30-24(32-26(21)38-23)18-9-7-17(8-10-18)19-5-4-6-20(15-19)27(35)36/h4-10,15,29H,3,11-14H2,1-2H3,(H,35,36)/p-1. The average molecular weight is 526 g/mol. The third-order valence-electron chi connectivity index (χ3n) is 6.57. The number of hydrogen-bond donors (Lipinski definition) is 1. The Morgan fingerprint density at radius 3 is 2.53 bits per heavy atom. The Kier molecular flexibility index (Phi) is 6.34. The van der Waals surface area contributed by atoms with Gasteiger partial charge in [0.2, 0.25) is 11.8 Å². The number of carboxylic acids is 1. The summed E-state index contributed by atoms with van der Waals surface area (Å²) in [5.41, 5.74) is 4.38. The number of carbonyl (C=O) groups is 1. The van der Waals surface area contributed by atoms with E-state index in [-0.39, 0.29) is 5.56 Å². The summed E-state index contributed by atoms with van der Waals surface area (Å²) in [6.45, 7) is 7.90. The number of benzene rings is 2. The summed E-state index contributed by atoms with van der Waals surface area (Å²) in [6, 6.07) is 14.5. The van der Waals surface area contributed by atoms with Crippen LogP contribution in [0.25, 0.3) is 42.9 Å². The fraction of sp³-hybridized carbons (Fsp3) is 0.250. The molecule has 1 aliphatic heterocycles. The van der Waals surface area contributed by atoms with E-state index in [9.17, 15) is 9.90 Å². The van der Waals surface area contributed by atoms with Crippen LogP contribution in [-0.4, -0.2) is 58.7 Å². The quantitative estimate of drug-likeness (QED) is 0.356. The minimum absolute atomic E-state index is 0.148. The highest BCUT2D eigenvalue weighted by Crippen LogP contribution is 2.39. The highest BCUT2D eigenvalue weighted by atomic mass is 32.1. The molecule has 1 fully saturated rings. The molecule has 5 aromatic rings. The number of carbonyl (C=O) groups excluding carboxylic acids is 1. The lowest BCUT2D eigenvalue weighted by atomic mass is 10.0. The van der Waals surface area contributed by atoms with Gasteiger partial charge in [-0.25, -0.2) is 15.0 Å². The van der Waals surface area contributed by atoms with Gasteiger partial charge in [-0.05, 0) is 36.6 Å². The first-order chi connectivity index (χ1) is 18.5. The van der Waals surface area contributed by atoms with E-state index in [4.69, 9.17) is 24.7 Å². The normalized spacial score (nSPS) is 13.8. The van der Waals surface area contributed by atoms with Crippen molar-refractivity contribution in [1.82, 2.24) is 25.3 Å². The van der Waals surface area contributed by atoms with Gasteiger partial charge in [0.15, 0.2) is 5.82 Å². The molecule has 0 spiro atoms. The van der Waals surface area contributed by atoms with Crippen molar-refractivity contribution in [2.45, 2.75) is 13.8 Å². The maximum atomic E-state index is 11.2. The van der Waals surface area contributed by atoms with E-state index in [1.54, 1.807) is 12.1 Å². The highest BCUT2D eigenvalue weighted by Gasteiger charge is 2.22. The molecule has 0 amide bonds. The molecule has 1 N–H and O–H groups in total. The Labute approximate surface area is 223 Å². The second kappa shape index (κ2) is 9.96. The third-order valence-corrected chi connectivity index (χ3v) is 7.63. The number of hydrogen-bond acceptors (Lipinski definition) is 10. The summed E-state index contributed by atoms with van der Waals surface area (Å²) >= 11 is 1.52. The van der Waals surface area contributed by atoms with Crippen LogP contribution in [0.15, 0.2) is 48.5 Å². The Bertz CT molecular complexity index is 1660. The van der Waals surface area contributed by atoms with Gasteiger partial charge in [-0.2, -0.15) is 4.98 Å². The molecule has 0 unspecified atom stereocenters. The zero-order valence-corrected chi connectivity index (χ0v) is 21.8. The van der Waals surface area contributed by atoms with Gasteiger partial charge in [0.05, 0.1) is 23.7 Å². The number of rotatable bonds is 6. The minimum atomic E-state index is -1.19. The second-order valence-electron chi connectivity index (χ2n) is 9.04. The SMILES string of the molecule is CCOc1nc(N2CCNCC2)nc2c1sc1nc(-c3ccc(-c4cccc(C(=O)[O-])c4)cc3)nc(C)c12. The molecule has 1 aliphatic rings. The van der Waals surface area contributed by atoms with Crippen LogP contribution in [0.4, 0.5) is 5.95 Å². The van der Waals surface area contributed by atoms with Crippen molar-refractivity contribution < 1.29 is 14.6 Å². The Morgan fingerprint density at radius 2 is 1.79 bits per heavy atom. The number of aryl methyl sites for hydroxylation is 1. The van der Waals surface area contributed by atoms with Crippen molar-refractivity contribution in [2.24, 2.45) is 0 Å². The molecule has 10 heteroatoms. The van der Waals surface area contributed by atoms with Gasteiger partial charge in [-0.1, -0.05) is 42.5 Å². The number of piperazine rings is 1. The number of aromatic nitrogens is 4. The van der Waals surface area contributed by atoms with Crippen LogP contribution < -0.4 is 20.1 Å². The second-order valence-corrected chi connectivity index (χ2v) is 10.0. The first-order valence-corrected chi connectivity index (χ1v) is 13.3. The van der Waals surface area contributed by atoms with Crippen molar-refractivity contribution in [3.63, 3.8) is 0 Å². The number of nitrogens with zero attached hydrogens (tertiary/aromatic N) is 5. The van der Waals surface area contributed by atoms with E-state index < -0.39 is 5.97 Å². The predicted octanol–water partition coefficient (Wildman–Crippen LogP) is 3.45. The van der Waals surface area contributed by atoms with Crippen molar-refractivity contribution in [3.8, 4) is 28.4 Å². The molecule has 0 bridgehead atoms. The molecule has 6 rings (SSSR count). The largest absolute Gasteiger partial charge is 0.545 e. The monoisotopic (exact) mass is 525 g/mol. The van der Waals surface area contributed by atoms with Crippen molar-refractivity contribution in [2.75, 3.05) is 37.7 Å². The maximum Gasteiger partial charge on any atom is 0.236 e. The van der Waals surface area contributed by atoms with Crippen LogP contribution >= 0.6 is 11.3 Å². The van der Waals surface area contributed by atoms with Crippen LogP contribution in [0.5, 0.6) is 5.88 Å². The zero-order valence-electron chi connectivity index (χ0n) is 21.0. The lowest BCUT2D eigenvalue weighted by Crippen LogP contribution is -2.44. The first-order valence-electron chi connectivity index (χ1n) is 12.5. The summed E-state index contributed by atoms with van der Waals surface area (Å²) in [7, 11) is 0. The number of thiophene rings is 1. The number of anilines is 1. The number of ether oxygens (including phenoxy) is 1. The van der Waals surface area contributed by atoms with E-state index in [1.807, 2.05) is 44.2 Å². The number of carboxylic acid groups (broad SMARTS) is 1. The molecule has 0 atom stereocenters. The van der Waals surface area contributed by atoms with Gasteiger partial charge in [-0.15, -0.1) is 11.3 Å². The predicted molar refractivity (Wildman–Crippen MR) is 147 cm³/mol. The molecule has 0 radical (unpaired) electrons. The molecule has 38 heavy (non-hydrogen) atoms. The molecular formula is C28H25N6O3S-. The first kappa shape index (κ1) is 24.2. The summed E-state index contributed by atoms with van der Waals surface area (Å²) in [4.78, 5) is 33.7. The van der Waals surface area contributed by atoms with Crippen LogP contribution in [-0.2, 0) is 0 Å². The number of nitrogens with one attached hydrogen (secondary N) is 1. The van der Waals surface area contributed by atoms with Gasteiger partial charge in [0.1, 0.15) is 15.0 Å².